The lowest BCUT2D eigenvalue weighted by molar-refractivity contribution is 0.0117. The minimum absolute atomic E-state index is 0.0198. The normalized spacial score (nSPS) is 18.3. The minimum atomic E-state index is -0.779. The van der Waals surface area contributed by atoms with Gasteiger partial charge in [-0.15, -0.1) is 0 Å². The number of carbonyl (C=O) groups excluding carboxylic acids is 1. The summed E-state index contributed by atoms with van der Waals surface area (Å²) in [5.74, 6) is -2.04. The van der Waals surface area contributed by atoms with Crippen LogP contribution in [-0.2, 0) is 4.74 Å². The third-order valence-corrected chi connectivity index (χ3v) is 3.58. The van der Waals surface area contributed by atoms with E-state index in [0.717, 1.165) is 38.0 Å². The number of benzene rings is 1. The van der Waals surface area contributed by atoms with Gasteiger partial charge in [-0.1, -0.05) is 0 Å². The number of halogens is 2. The summed E-state index contributed by atoms with van der Waals surface area (Å²) in [6.45, 7) is 1.20. The van der Waals surface area contributed by atoms with Crippen LogP contribution < -0.4 is 10.6 Å². The fourth-order valence-electron chi connectivity index (χ4n) is 2.43. The Morgan fingerprint density at radius 1 is 1.33 bits per heavy atom. The molecule has 1 atom stereocenters. The first kappa shape index (κ1) is 15.7. The molecule has 6 heteroatoms. The zero-order valence-electron chi connectivity index (χ0n) is 12.0. The van der Waals surface area contributed by atoms with Gasteiger partial charge in [-0.2, -0.15) is 0 Å². The Hall–Kier alpha value is -1.69. The van der Waals surface area contributed by atoms with Crippen molar-refractivity contribution in [2.75, 3.05) is 25.5 Å². The van der Waals surface area contributed by atoms with Gasteiger partial charge in [0.25, 0.3) is 5.91 Å². The molecule has 2 N–H and O–H groups in total. The second kappa shape index (κ2) is 7.36. The fourth-order valence-corrected chi connectivity index (χ4v) is 2.43. The van der Waals surface area contributed by atoms with Gasteiger partial charge >= 0.3 is 0 Å². The lowest BCUT2D eigenvalue weighted by atomic mass is 10.1. The van der Waals surface area contributed by atoms with Gasteiger partial charge in [0, 0.05) is 25.8 Å². The van der Waals surface area contributed by atoms with Crippen LogP contribution in [0, 0.1) is 11.6 Å². The molecule has 1 aromatic carbocycles. The zero-order valence-corrected chi connectivity index (χ0v) is 12.0. The van der Waals surface area contributed by atoms with E-state index in [2.05, 4.69) is 10.6 Å². The van der Waals surface area contributed by atoms with Crippen molar-refractivity contribution >= 4 is 11.6 Å². The summed E-state index contributed by atoms with van der Waals surface area (Å²) >= 11 is 0. The van der Waals surface area contributed by atoms with Gasteiger partial charge in [0.15, 0.2) is 0 Å². The first-order valence-electron chi connectivity index (χ1n) is 7.18. The summed E-state index contributed by atoms with van der Waals surface area (Å²) in [5, 5.41) is 5.08. The first-order valence-corrected chi connectivity index (χ1v) is 7.18. The Labute approximate surface area is 122 Å². The van der Waals surface area contributed by atoms with Crippen molar-refractivity contribution in [2.45, 2.75) is 31.8 Å². The summed E-state index contributed by atoms with van der Waals surface area (Å²) in [7, 11) is 1.42. The molecular formula is C15H20F2N2O2. The summed E-state index contributed by atoms with van der Waals surface area (Å²) in [5.41, 5.74) is -0.254. The number of anilines is 1. The number of amides is 1. The van der Waals surface area contributed by atoms with E-state index in [1.165, 1.54) is 7.05 Å². The van der Waals surface area contributed by atoms with Crippen LogP contribution >= 0.6 is 0 Å². The van der Waals surface area contributed by atoms with Gasteiger partial charge in [0.1, 0.15) is 17.3 Å². The van der Waals surface area contributed by atoms with E-state index in [0.29, 0.717) is 13.0 Å². The van der Waals surface area contributed by atoms with E-state index in [9.17, 15) is 13.6 Å². The summed E-state index contributed by atoms with van der Waals surface area (Å²) in [6.07, 6.45) is 4.10. The predicted octanol–water partition coefficient (Wildman–Crippen LogP) is 2.70. The molecule has 0 radical (unpaired) electrons. The second-order valence-electron chi connectivity index (χ2n) is 5.10. The predicted molar refractivity (Wildman–Crippen MR) is 76.4 cm³/mol. The average Bonchev–Trinajstić information content (AvgIpc) is 2.48. The maximum atomic E-state index is 13.6. The fraction of sp³-hybridized carbons (Fsp3) is 0.533. The van der Waals surface area contributed by atoms with Gasteiger partial charge in [-0.25, -0.2) is 8.78 Å². The third-order valence-electron chi connectivity index (χ3n) is 3.58. The van der Waals surface area contributed by atoms with Crippen molar-refractivity contribution in [3.05, 3.63) is 29.3 Å². The standard InChI is InChI=1S/C15H20F2N2O2/c1-18-14-12(16)8-10(9-13(14)17)15(20)19-6-5-11-4-2-3-7-21-11/h8-9,11,18H,2-7H2,1H3,(H,19,20). The SMILES string of the molecule is CNc1c(F)cc(C(=O)NCCC2CCCCO2)cc1F. The molecule has 1 unspecified atom stereocenters. The smallest absolute Gasteiger partial charge is 0.251 e. The molecule has 4 nitrogen and oxygen atoms in total. The number of nitrogens with one attached hydrogen (secondary N) is 2. The van der Waals surface area contributed by atoms with E-state index in [4.69, 9.17) is 4.74 Å². The zero-order chi connectivity index (χ0) is 15.2. The minimum Gasteiger partial charge on any atom is -0.383 e. The highest BCUT2D eigenvalue weighted by molar-refractivity contribution is 5.94. The van der Waals surface area contributed by atoms with Gasteiger partial charge in [-0.3, -0.25) is 4.79 Å². The molecule has 1 aliphatic heterocycles. The largest absolute Gasteiger partial charge is 0.383 e. The monoisotopic (exact) mass is 298 g/mol. The molecule has 116 valence electrons. The Balaban J connectivity index is 1.88. The number of ether oxygens (including phenoxy) is 1. The molecule has 1 amide bonds. The first-order chi connectivity index (χ1) is 10.1. The van der Waals surface area contributed by atoms with E-state index >= 15 is 0 Å². The van der Waals surface area contributed by atoms with Crippen molar-refractivity contribution in [3.8, 4) is 0 Å². The van der Waals surface area contributed by atoms with Crippen LogP contribution in [0.15, 0.2) is 12.1 Å². The van der Waals surface area contributed by atoms with Crippen LogP contribution in [0.5, 0.6) is 0 Å². The Bertz CT molecular complexity index is 479. The second-order valence-corrected chi connectivity index (χ2v) is 5.10. The molecule has 1 aliphatic rings. The molecular weight excluding hydrogens is 278 g/mol. The number of rotatable bonds is 5. The molecule has 0 aliphatic carbocycles. The van der Waals surface area contributed by atoms with Gasteiger partial charge in [0.05, 0.1) is 6.10 Å². The Kier molecular flexibility index (Phi) is 5.50. The topological polar surface area (TPSA) is 50.4 Å². The quantitative estimate of drug-likeness (QED) is 0.879. The lowest BCUT2D eigenvalue weighted by Gasteiger charge is -2.22. The Morgan fingerprint density at radius 2 is 2.05 bits per heavy atom. The van der Waals surface area contributed by atoms with Crippen molar-refractivity contribution in [1.29, 1.82) is 0 Å². The van der Waals surface area contributed by atoms with E-state index in [-0.39, 0.29) is 17.4 Å². The van der Waals surface area contributed by atoms with Crippen LogP contribution in [-0.4, -0.2) is 32.2 Å². The highest BCUT2D eigenvalue weighted by atomic mass is 19.1. The van der Waals surface area contributed by atoms with Crippen LogP contribution in [0.4, 0.5) is 14.5 Å². The van der Waals surface area contributed by atoms with E-state index in [1.807, 2.05) is 0 Å². The molecule has 1 fully saturated rings. The van der Waals surface area contributed by atoms with Crippen molar-refractivity contribution < 1.29 is 18.3 Å². The van der Waals surface area contributed by atoms with Crippen molar-refractivity contribution in [1.82, 2.24) is 5.32 Å². The van der Waals surface area contributed by atoms with Crippen LogP contribution in [0.25, 0.3) is 0 Å². The molecule has 21 heavy (non-hydrogen) atoms. The summed E-state index contributed by atoms with van der Waals surface area (Å²) in [6, 6.07) is 2.06. The van der Waals surface area contributed by atoms with Crippen LogP contribution in [0.1, 0.15) is 36.0 Å². The average molecular weight is 298 g/mol. The molecule has 1 aromatic rings. The van der Waals surface area contributed by atoms with Crippen molar-refractivity contribution in [3.63, 3.8) is 0 Å². The number of hydrogen-bond donors (Lipinski definition) is 2. The highest BCUT2D eigenvalue weighted by Gasteiger charge is 2.16. The summed E-state index contributed by atoms with van der Waals surface area (Å²) in [4.78, 5) is 11.9. The molecule has 2 rings (SSSR count). The van der Waals surface area contributed by atoms with Gasteiger partial charge in [-0.05, 0) is 37.8 Å². The van der Waals surface area contributed by atoms with Gasteiger partial charge < -0.3 is 15.4 Å². The molecule has 1 heterocycles. The maximum absolute atomic E-state index is 13.6. The lowest BCUT2D eigenvalue weighted by Crippen LogP contribution is -2.29. The molecule has 0 spiro atoms. The van der Waals surface area contributed by atoms with Crippen molar-refractivity contribution in [2.24, 2.45) is 0 Å². The van der Waals surface area contributed by atoms with Gasteiger partial charge in [0.2, 0.25) is 0 Å². The summed E-state index contributed by atoms with van der Waals surface area (Å²) < 4.78 is 32.7. The molecule has 1 saturated heterocycles. The van der Waals surface area contributed by atoms with E-state index in [1.54, 1.807) is 0 Å². The molecule has 0 aromatic heterocycles. The molecule has 0 saturated carbocycles. The maximum Gasteiger partial charge on any atom is 0.251 e. The number of hydrogen-bond acceptors (Lipinski definition) is 3. The number of carbonyl (C=O) groups is 1. The Morgan fingerprint density at radius 3 is 2.62 bits per heavy atom. The van der Waals surface area contributed by atoms with E-state index < -0.39 is 17.5 Å². The third kappa shape index (κ3) is 4.14. The highest BCUT2D eigenvalue weighted by Crippen LogP contribution is 2.20. The molecule has 0 bridgehead atoms. The van der Waals surface area contributed by atoms with Crippen LogP contribution in [0.3, 0.4) is 0 Å². The van der Waals surface area contributed by atoms with Crippen LogP contribution in [0.2, 0.25) is 0 Å².